The molecule has 2 aromatic rings. The average molecular weight is 275 g/mol. The summed E-state index contributed by atoms with van der Waals surface area (Å²) in [5.41, 5.74) is 1.20. The molecule has 0 aliphatic heterocycles. The van der Waals surface area contributed by atoms with E-state index in [1.165, 1.54) is 10.4 Å². The summed E-state index contributed by atoms with van der Waals surface area (Å²) in [6, 6.07) is 12.5. The predicted molar refractivity (Wildman–Crippen MR) is 81.9 cm³/mol. The fourth-order valence-corrected chi connectivity index (χ4v) is 2.72. The minimum absolute atomic E-state index is 0.740. The lowest BCUT2D eigenvalue weighted by molar-refractivity contribution is 0.210. The standard InChI is InChI=1S/C16H21NOS/c1-3-17(13-15-8-6-12-19-15)10-11-18-16-9-5-4-7-14(16)2/h4-9,12H,3,10-11,13H2,1-2H3. The molecule has 0 amide bonds. The van der Waals surface area contributed by atoms with Gasteiger partial charge in [-0.25, -0.2) is 0 Å². The van der Waals surface area contributed by atoms with Crippen molar-refractivity contribution >= 4 is 11.3 Å². The molecule has 0 bridgehead atoms. The number of benzene rings is 1. The van der Waals surface area contributed by atoms with Gasteiger partial charge in [-0.05, 0) is 36.5 Å². The second-order valence-corrected chi connectivity index (χ2v) is 5.59. The van der Waals surface area contributed by atoms with Gasteiger partial charge in [-0.1, -0.05) is 31.2 Å². The number of hydrogen-bond donors (Lipinski definition) is 0. The van der Waals surface area contributed by atoms with Crippen LogP contribution in [-0.4, -0.2) is 24.6 Å². The monoisotopic (exact) mass is 275 g/mol. The SMILES string of the molecule is CCN(CCOc1ccccc1C)Cc1cccs1. The lowest BCUT2D eigenvalue weighted by Gasteiger charge is -2.20. The van der Waals surface area contributed by atoms with Crippen molar-refractivity contribution in [3.8, 4) is 5.75 Å². The number of hydrogen-bond acceptors (Lipinski definition) is 3. The maximum Gasteiger partial charge on any atom is 0.122 e. The Kier molecular flexibility index (Phi) is 5.43. The van der Waals surface area contributed by atoms with Crippen molar-refractivity contribution in [3.05, 3.63) is 52.2 Å². The number of rotatable bonds is 7. The summed E-state index contributed by atoms with van der Waals surface area (Å²) in [6.07, 6.45) is 0. The van der Waals surface area contributed by atoms with Gasteiger partial charge in [0.05, 0.1) is 0 Å². The van der Waals surface area contributed by atoms with E-state index in [9.17, 15) is 0 Å². The third-order valence-corrected chi connectivity index (χ3v) is 4.03. The molecule has 2 rings (SSSR count). The van der Waals surface area contributed by atoms with Gasteiger partial charge in [0.15, 0.2) is 0 Å². The van der Waals surface area contributed by atoms with E-state index in [0.717, 1.165) is 32.0 Å². The van der Waals surface area contributed by atoms with E-state index in [1.807, 2.05) is 29.5 Å². The molecule has 0 saturated heterocycles. The van der Waals surface area contributed by atoms with Crippen LogP contribution in [0.4, 0.5) is 0 Å². The van der Waals surface area contributed by atoms with E-state index in [1.54, 1.807) is 0 Å². The Morgan fingerprint density at radius 2 is 2.00 bits per heavy atom. The number of nitrogens with zero attached hydrogens (tertiary/aromatic N) is 1. The van der Waals surface area contributed by atoms with Gasteiger partial charge in [0, 0.05) is 18.0 Å². The van der Waals surface area contributed by atoms with E-state index in [0.29, 0.717) is 0 Å². The van der Waals surface area contributed by atoms with Crippen molar-refractivity contribution in [1.29, 1.82) is 0 Å². The van der Waals surface area contributed by atoms with Crippen LogP contribution in [0, 0.1) is 6.92 Å². The fourth-order valence-electron chi connectivity index (χ4n) is 1.97. The number of aryl methyl sites for hydroxylation is 1. The van der Waals surface area contributed by atoms with Crippen LogP contribution >= 0.6 is 11.3 Å². The van der Waals surface area contributed by atoms with Crippen molar-refractivity contribution in [3.63, 3.8) is 0 Å². The molecular formula is C16H21NOS. The van der Waals surface area contributed by atoms with Gasteiger partial charge in [0.25, 0.3) is 0 Å². The van der Waals surface area contributed by atoms with Gasteiger partial charge < -0.3 is 4.74 Å². The molecule has 0 aliphatic rings. The molecular weight excluding hydrogens is 254 g/mol. The molecule has 0 aliphatic carbocycles. The van der Waals surface area contributed by atoms with Gasteiger partial charge in [-0.2, -0.15) is 0 Å². The molecule has 0 N–H and O–H groups in total. The zero-order chi connectivity index (χ0) is 13.5. The van der Waals surface area contributed by atoms with Crippen LogP contribution in [0.15, 0.2) is 41.8 Å². The molecule has 3 heteroatoms. The van der Waals surface area contributed by atoms with Gasteiger partial charge in [-0.15, -0.1) is 11.3 Å². The van der Waals surface area contributed by atoms with Crippen molar-refractivity contribution in [2.45, 2.75) is 20.4 Å². The predicted octanol–water partition coefficient (Wildman–Crippen LogP) is 3.96. The zero-order valence-electron chi connectivity index (χ0n) is 11.6. The highest BCUT2D eigenvalue weighted by atomic mass is 32.1. The largest absolute Gasteiger partial charge is 0.492 e. The van der Waals surface area contributed by atoms with Gasteiger partial charge >= 0.3 is 0 Å². The summed E-state index contributed by atoms with van der Waals surface area (Å²) in [4.78, 5) is 3.82. The Labute approximate surface area is 119 Å². The molecule has 2 nitrogen and oxygen atoms in total. The number of ether oxygens (including phenoxy) is 1. The van der Waals surface area contributed by atoms with Crippen LogP contribution in [0.25, 0.3) is 0 Å². The Bertz CT molecular complexity index is 481. The number of para-hydroxylation sites is 1. The second-order valence-electron chi connectivity index (χ2n) is 4.56. The van der Waals surface area contributed by atoms with Crippen LogP contribution in [-0.2, 0) is 6.54 Å². The third kappa shape index (κ3) is 4.37. The van der Waals surface area contributed by atoms with Gasteiger partial charge in [0.2, 0.25) is 0 Å². The average Bonchev–Trinajstić information content (AvgIpc) is 2.92. The van der Waals surface area contributed by atoms with Crippen LogP contribution < -0.4 is 4.74 Å². The maximum absolute atomic E-state index is 5.85. The molecule has 0 spiro atoms. The van der Waals surface area contributed by atoms with Crippen LogP contribution in [0.3, 0.4) is 0 Å². The molecule has 19 heavy (non-hydrogen) atoms. The molecule has 102 valence electrons. The maximum atomic E-state index is 5.85. The topological polar surface area (TPSA) is 12.5 Å². The molecule has 0 unspecified atom stereocenters. The molecule has 0 saturated carbocycles. The first-order valence-electron chi connectivity index (χ1n) is 6.72. The molecule has 1 heterocycles. The molecule has 1 aromatic carbocycles. The molecule has 0 fully saturated rings. The molecule has 0 radical (unpaired) electrons. The minimum Gasteiger partial charge on any atom is -0.492 e. The Morgan fingerprint density at radius 3 is 2.68 bits per heavy atom. The first-order chi connectivity index (χ1) is 9.29. The highest BCUT2D eigenvalue weighted by molar-refractivity contribution is 7.09. The minimum atomic E-state index is 0.740. The van der Waals surface area contributed by atoms with Crippen molar-refractivity contribution in [1.82, 2.24) is 4.90 Å². The number of likely N-dealkylation sites (N-methyl/N-ethyl adjacent to an activating group) is 1. The van der Waals surface area contributed by atoms with Gasteiger partial charge in [0.1, 0.15) is 12.4 Å². The lowest BCUT2D eigenvalue weighted by atomic mass is 10.2. The summed E-state index contributed by atoms with van der Waals surface area (Å²) in [6.45, 7) is 8.05. The first-order valence-corrected chi connectivity index (χ1v) is 7.60. The van der Waals surface area contributed by atoms with Crippen LogP contribution in [0.5, 0.6) is 5.75 Å². The molecule has 1 aromatic heterocycles. The third-order valence-electron chi connectivity index (χ3n) is 3.17. The summed E-state index contributed by atoms with van der Waals surface area (Å²) in [5, 5.41) is 2.13. The zero-order valence-corrected chi connectivity index (χ0v) is 12.5. The highest BCUT2D eigenvalue weighted by Gasteiger charge is 2.05. The van der Waals surface area contributed by atoms with E-state index >= 15 is 0 Å². The number of thiophene rings is 1. The van der Waals surface area contributed by atoms with Crippen molar-refractivity contribution < 1.29 is 4.74 Å². The summed E-state index contributed by atoms with van der Waals surface area (Å²) in [5.74, 6) is 0.995. The van der Waals surface area contributed by atoms with E-state index in [4.69, 9.17) is 4.74 Å². The molecule has 0 atom stereocenters. The quantitative estimate of drug-likeness (QED) is 0.758. The summed E-state index contributed by atoms with van der Waals surface area (Å²) < 4.78 is 5.85. The van der Waals surface area contributed by atoms with E-state index < -0.39 is 0 Å². The smallest absolute Gasteiger partial charge is 0.122 e. The van der Waals surface area contributed by atoms with E-state index in [2.05, 4.69) is 42.3 Å². The first kappa shape index (κ1) is 14.1. The Balaban J connectivity index is 1.79. The van der Waals surface area contributed by atoms with Crippen molar-refractivity contribution in [2.75, 3.05) is 19.7 Å². The normalized spacial score (nSPS) is 10.9. The fraction of sp³-hybridized carbons (Fsp3) is 0.375. The van der Waals surface area contributed by atoms with Crippen LogP contribution in [0.2, 0.25) is 0 Å². The highest BCUT2D eigenvalue weighted by Crippen LogP contribution is 2.16. The summed E-state index contributed by atoms with van der Waals surface area (Å²) >= 11 is 1.82. The van der Waals surface area contributed by atoms with Crippen molar-refractivity contribution in [2.24, 2.45) is 0 Å². The van der Waals surface area contributed by atoms with E-state index in [-0.39, 0.29) is 0 Å². The Morgan fingerprint density at radius 1 is 1.16 bits per heavy atom. The Hall–Kier alpha value is -1.32. The van der Waals surface area contributed by atoms with Crippen LogP contribution in [0.1, 0.15) is 17.4 Å². The second kappa shape index (κ2) is 7.31. The lowest BCUT2D eigenvalue weighted by Crippen LogP contribution is -2.27. The van der Waals surface area contributed by atoms with Gasteiger partial charge in [-0.3, -0.25) is 4.90 Å². The summed E-state index contributed by atoms with van der Waals surface area (Å²) in [7, 11) is 0.